The second-order valence-electron chi connectivity index (χ2n) is 7.28. The average molecular weight is 376 g/mol. The highest BCUT2D eigenvalue weighted by Gasteiger charge is 2.22. The highest BCUT2D eigenvalue weighted by Crippen LogP contribution is 2.26. The number of pyridine rings is 1. The second kappa shape index (κ2) is 8.30. The first kappa shape index (κ1) is 18.3. The number of aryl methyl sites for hydroxylation is 2. The Balaban J connectivity index is 1.34. The van der Waals surface area contributed by atoms with Crippen molar-refractivity contribution in [3.63, 3.8) is 0 Å². The number of ether oxygens (including phenoxy) is 1. The molecule has 1 saturated heterocycles. The summed E-state index contributed by atoms with van der Waals surface area (Å²) in [5.74, 6) is 1.48. The Morgan fingerprint density at radius 2 is 2.00 bits per heavy atom. The molecule has 0 saturated carbocycles. The molecule has 0 spiro atoms. The second-order valence-corrected chi connectivity index (χ2v) is 7.28. The Morgan fingerprint density at radius 3 is 2.89 bits per heavy atom. The Labute approximate surface area is 165 Å². The third-order valence-electron chi connectivity index (χ3n) is 5.49. The highest BCUT2D eigenvalue weighted by atomic mass is 16.5. The van der Waals surface area contributed by atoms with Crippen LogP contribution in [0.25, 0.3) is 0 Å². The van der Waals surface area contributed by atoms with Crippen molar-refractivity contribution in [1.82, 2.24) is 9.88 Å². The zero-order valence-electron chi connectivity index (χ0n) is 15.9. The van der Waals surface area contributed by atoms with Gasteiger partial charge in [0.05, 0.1) is 5.56 Å². The van der Waals surface area contributed by atoms with Gasteiger partial charge >= 0.3 is 0 Å². The summed E-state index contributed by atoms with van der Waals surface area (Å²) in [6.07, 6.45) is 5.98. The van der Waals surface area contributed by atoms with Crippen LogP contribution in [0.15, 0.2) is 36.5 Å². The van der Waals surface area contributed by atoms with Crippen LogP contribution in [0.3, 0.4) is 0 Å². The van der Waals surface area contributed by atoms with E-state index in [1.165, 1.54) is 17.5 Å². The summed E-state index contributed by atoms with van der Waals surface area (Å²) in [4.78, 5) is 20.9. The van der Waals surface area contributed by atoms with Crippen molar-refractivity contribution in [2.24, 2.45) is 0 Å². The molecule has 0 N–H and O–H groups in total. The topological polar surface area (TPSA) is 69.5 Å². The van der Waals surface area contributed by atoms with Crippen LogP contribution in [0.1, 0.15) is 29.5 Å². The van der Waals surface area contributed by atoms with Crippen molar-refractivity contribution < 1.29 is 9.53 Å². The molecule has 2 aromatic rings. The van der Waals surface area contributed by atoms with Gasteiger partial charge in [0, 0.05) is 32.4 Å². The molecule has 0 radical (unpaired) electrons. The zero-order chi connectivity index (χ0) is 19.3. The number of hydrogen-bond donors (Lipinski definition) is 0. The minimum absolute atomic E-state index is 0.00359. The van der Waals surface area contributed by atoms with Crippen LogP contribution in [-0.4, -0.2) is 48.6 Å². The Bertz CT molecular complexity index is 906. The summed E-state index contributed by atoms with van der Waals surface area (Å²) in [5.41, 5.74) is 3.32. The lowest BCUT2D eigenvalue weighted by atomic mass is 10.1. The molecule has 0 unspecified atom stereocenters. The predicted octanol–water partition coefficient (Wildman–Crippen LogP) is 2.56. The maximum atomic E-state index is 12.6. The van der Waals surface area contributed by atoms with Gasteiger partial charge in [-0.05, 0) is 61.1 Å². The number of amides is 1. The number of rotatable bonds is 4. The first-order chi connectivity index (χ1) is 13.7. The lowest BCUT2D eigenvalue weighted by molar-refractivity contribution is -0.133. The van der Waals surface area contributed by atoms with E-state index in [0.29, 0.717) is 31.0 Å². The van der Waals surface area contributed by atoms with E-state index < -0.39 is 0 Å². The van der Waals surface area contributed by atoms with E-state index in [0.717, 1.165) is 31.6 Å². The lowest BCUT2D eigenvalue weighted by Gasteiger charge is -2.23. The summed E-state index contributed by atoms with van der Waals surface area (Å²) >= 11 is 0. The zero-order valence-corrected chi connectivity index (χ0v) is 15.9. The van der Waals surface area contributed by atoms with Gasteiger partial charge in [0.15, 0.2) is 6.61 Å². The minimum Gasteiger partial charge on any atom is -0.484 e. The first-order valence-corrected chi connectivity index (χ1v) is 9.87. The van der Waals surface area contributed by atoms with Crippen LogP contribution in [0, 0.1) is 11.3 Å². The van der Waals surface area contributed by atoms with Gasteiger partial charge in [-0.1, -0.05) is 6.07 Å². The van der Waals surface area contributed by atoms with Crippen molar-refractivity contribution >= 4 is 11.7 Å². The van der Waals surface area contributed by atoms with Crippen LogP contribution >= 0.6 is 0 Å². The first-order valence-electron chi connectivity index (χ1n) is 9.87. The maximum absolute atomic E-state index is 12.6. The van der Waals surface area contributed by atoms with E-state index in [1.807, 2.05) is 11.0 Å². The molecule has 0 atom stereocenters. The van der Waals surface area contributed by atoms with Gasteiger partial charge in [-0.25, -0.2) is 4.98 Å². The molecule has 6 nitrogen and oxygen atoms in total. The number of benzene rings is 1. The van der Waals surface area contributed by atoms with Gasteiger partial charge in [-0.3, -0.25) is 4.79 Å². The SMILES string of the molecule is N#Cc1cccnc1N1CCCN(C(=O)COc2ccc3c(c2)CCC3)CC1. The van der Waals surface area contributed by atoms with E-state index in [-0.39, 0.29) is 12.5 Å². The molecule has 1 aromatic heterocycles. The van der Waals surface area contributed by atoms with E-state index >= 15 is 0 Å². The summed E-state index contributed by atoms with van der Waals surface area (Å²) in [7, 11) is 0. The number of fused-ring (bicyclic) bond motifs is 1. The van der Waals surface area contributed by atoms with E-state index in [1.54, 1.807) is 18.3 Å². The van der Waals surface area contributed by atoms with Gasteiger partial charge in [0.25, 0.3) is 5.91 Å². The number of aromatic nitrogens is 1. The number of anilines is 1. The van der Waals surface area contributed by atoms with Crippen LogP contribution in [0.4, 0.5) is 5.82 Å². The van der Waals surface area contributed by atoms with Gasteiger partial charge in [-0.2, -0.15) is 5.26 Å². The van der Waals surface area contributed by atoms with Crippen LogP contribution in [-0.2, 0) is 17.6 Å². The molecule has 1 amide bonds. The van der Waals surface area contributed by atoms with Crippen LogP contribution < -0.4 is 9.64 Å². The number of nitrogens with zero attached hydrogens (tertiary/aromatic N) is 4. The van der Waals surface area contributed by atoms with Crippen molar-refractivity contribution in [3.8, 4) is 11.8 Å². The summed E-state index contributed by atoms with van der Waals surface area (Å²) in [6, 6.07) is 11.9. The molecule has 0 bridgehead atoms. The fourth-order valence-corrected chi connectivity index (χ4v) is 3.99. The number of hydrogen-bond acceptors (Lipinski definition) is 5. The van der Waals surface area contributed by atoms with Crippen LogP contribution in [0.2, 0.25) is 0 Å². The quantitative estimate of drug-likeness (QED) is 0.820. The molecule has 1 aromatic carbocycles. The highest BCUT2D eigenvalue weighted by molar-refractivity contribution is 5.78. The summed E-state index contributed by atoms with van der Waals surface area (Å²) < 4.78 is 5.77. The molecule has 4 rings (SSSR count). The maximum Gasteiger partial charge on any atom is 0.260 e. The molecule has 1 aliphatic carbocycles. The fourth-order valence-electron chi connectivity index (χ4n) is 3.99. The van der Waals surface area contributed by atoms with Crippen molar-refractivity contribution in [2.75, 3.05) is 37.7 Å². The largest absolute Gasteiger partial charge is 0.484 e. The standard InChI is InChI=1S/C22H24N4O2/c23-15-19-6-2-9-24-22(19)26-11-3-10-25(12-13-26)21(27)16-28-20-8-7-17-4-1-5-18(17)14-20/h2,6-9,14H,1,3-5,10-13,16H2. The molecule has 1 fully saturated rings. The Morgan fingerprint density at radius 1 is 1.11 bits per heavy atom. The smallest absolute Gasteiger partial charge is 0.260 e. The summed E-state index contributed by atoms with van der Waals surface area (Å²) in [5, 5.41) is 9.30. The molecule has 1 aliphatic heterocycles. The van der Waals surface area contributed by atoms with Crippen molar-refractivity contribution in [1.29, 1.82) is 5.26 Å². The number of nitriles is 1. The fraction of sp³-hybridized carbons (Fsp3) is 0.409. The van der Waals surface area contributed by atoms with Gasteiger partial charge in [0.1, 0.15) is 17.6 Å². The molecule has 28 heavy (non-hydrogen) atoms. The monoisotopic (exact) mass is 376 g/mol. The van der Waals surface area contributed by atoms with E-state index in [2.05, 4.69) is 28.1 Å². The van der Waals surface area contributed by atoms with Crippen molar-refractivity contribution in [2.45, 2.75) is 25.7 Å². The normalized spacial score (nSPS) is 16.2. The number of carbonyl (C=O) groups is 1. The van der Waals surface area contributed by atoms with Crippen LogP contribution in [0.5, 0.6) is 5.75 Å². The molecule has 6 heteroatoms. The van der Waals surface area contributed by atoms with Gasteiger partial charge in [-0.15, -0.1) is 0 Å². The third-order valence-corrected chi connectivity index (χ3v) is 5.49. The van der Waals surface area contributed by atoms with E-state index in [9.17, 15) is 10.1 Å². The molecule has 2 aliphatic rings. The van der Waals surface area contributed by atoms with Gasteiger partial charge in [0.2, 0.25) is 0 Å². The predicted molar refractivity (Wildman–Crippen MR) is 106 cm³/mol. The molecule has 2 heterocycles. The lowest BCUT2D eigenvalue weighted by Crippen LogP contribution is -2.38. The van der Waals surface area contributed by atoms with Gasteiger partial charge < -0.3 is 14.5 Å². The molecular formula is C22H24N4O2. The Kier molecular flexibility index (Phi) is 5.43. The van der Waals surface area contributed by atoms with E-state index in [4.69, 9.17) is 4.74 Å². The average Bonchev–Trinajstić information content (AvgIpc) is 3.06. The molecule has 144 valence electrons. The minimum atomic E-state index is 0.00359. The molecular weight excluding hydrogens is 352 g/mol. The summed E-state index contributed by atoms with van der Waals surface area (Å²) in [6.45, 7) is 2.80. The van der Waals surface area contributed by atoms with Crippen molar-refractivity contribution in [3.05, 3.63) is 53.2 Å². The number of carbonyl (C=O) groups excluding carboxylic acids is 1. The third kappa shape index (κ3) is 3.94. The Hall–Kier alpha value is -3.07.